The standard InChI is InChI=1S/C13H24N6O2/c1-9(8-20)10(2)15-12-16-11(14-3)17-13(18-12)19-4-6-21-7-5-19/h9-10,20H,4-8H2,1-3H3,(H2,14,15,16,17,18). The van der Waals surface area contributed by atoms with Crippen LogP contribution in [0.5, 0.6) is 0 Å². The quantitative estimate of drug-likeness (QED) is 0.684. The lowest BCUT2D eigenvalue weighted by Gasteiger charge is -2.27. The van der Waals surface area contributed by atoms with E-state index in [4.69, 9.17) is 4.74 Å². The Morgan fingerprint density at radius 1 is 1.19 bits per heavy atom. The molecule has 118 valence electrons. The Labute approximate surface area is 125 Å². The first-order chi connectivity index (χ1) is 10.1. The molecule has 0 bridgehead atoms. The van der Waals surface area contributed by atoms with Crippen molar-refractivity contribution < 1.29 is 9.84 Å². The lowest BCUT2D eigenvalue weighted by molar-refractivity contribution is 0.122. The number of hydrogen-bond donors (Lipinski definition) is 3. The van der Waals surface area contributed by atoms with E-state index in [9.17, 15) is 5.11 Å². The second kappa shape index (κ2) is 7.37. The summed E-state index contributed by atoms with van der Waals surface area (Å²) in [6, 6.07) is 0.0691. The van der Waals surface area contributed by atoms with E-state index in [2.05, 4.69) is 30.5 Å². The molecule has 2 heterocycles. The fourth-order valence-corrected chi connectivity index (χ4v) is 1.95. The van der Waals surface area contributed by atoms with Gasteiger partial charge in [0.15, 0.2) is 0 Å². The van der Waals surface area contributed by atoms with Gasteiger partial charge in [-0.15, -0.1) is 0 Å². The van der Waals surface area contributed by atoms with Gasteiger partial charge in [0, 0.05) is 32.8 Å². The van der Waals surface area contributed by atoms with Crippen molar-refractivity contribution in [3.63, 3.8) is 0 Å². The Hall–Kier alpha value is -1.67. The van der Waals surface area contributed by atoms with Crippen molar-refractivity contribution in [3.05, 3.63) is 0 Å². The third-order valence-corrected chi connectivity index (χ3v) is 3.64. The maximum atomic E-state index is 9.21. The molecule has 3 N–H and O–H groups in total. The van der Waals surface area contributed by atoms with E-state index in [0.29, 0.717) is 31.1 Å². The number of ether oxygens (including phenoxy) is 1. The molecular formula is C13H24N6O2. The van der Waals surface area contributed by atoms with Crippen LogP contribution in [0.4, 0.5) is 17.8 Å². The summed E-state index contributed by atoms with van der Waals surface area (Å²) in [7, 11) is 1.78. The minimum Gasteiger partial charge on any atom is -0.396 e. The number of aliphatic hydroxyl groups is 1. The van der Waals surface area contributed by atoms with Gasteiger partial charge in [0.25, 0.3) is 0 Å². The molecule has 0 spiro atoms. The predicted molar refractivity (Wildman–Crippen MR) is 81.7 cm³/mol. The van der Waals surface area contributed by atoms with Gasteiger partial charge in [-0.2, -0.15) is 15.0 Å². The molecule has 0 saturated carbocycles. The molecule has 8 nitrogen and oxygen atoms in total. The van der Waals surface area contributed by atoms with Gasteiger partial charge in [-0.25, -0.2) is 0 Å². The highest BCUT2D eigenvalue weighted by Gasteiger charge is 2.18. The highest BCUT2D eigenvalue weighted by molar-refractivity contribution is 5.44. The van der Waals surface area contributed by atoms with E-state index in [-0.39, 0.29) is 18.6 Å². The van der Waals surface area contributed by atoms with Gasteiger partial charge in [-0.3, -0.25) is 0 Å². The molecule has 8 heteroatoms. The maximum Gasteiger partial charge on any atom is 0.232 e. The van der Waals surface area contributed by atoms with Gasteiger partial charge >= 0.3 is 0 Å². The number of hydrogen-bond acceptors (Lipinski definition) is 8. The second-order valence-corrected chi connectivity index (χ2v) is 5.22. The van der Waals surface area contributed by atoms with Crippen LogP contribution >= 0.6 is 0 Å². The zero-order valence-corrected chi connectivity index (χ0v) is 12.8. The van der Waals surface area contributed by atoms with E-state index in [0.717, 1.165) is 13.1 Å². The summed E-state index contributed by atoms with van der Waals surface area (Å²) < 4.78 is 5.35. The molecule has 1 aromatic heterocycles. The van der Waals surface area contributed by atoms with Crippen LogP contribution in [-0.4, -0.2) is 66.1 Å². The van der Waals surface area contributed by atoms with Crippen LogP contribution in [0.15, 0.2) is 0 Å². The highest BCUT2D eigenvalue weighted by Crippen LogP contribution is 2.16. The maximum absolute atomic E-state index is 9.21. The number of nitrogens with one attached hydrogen (secondary N) is 2. The predicted octanol–water partition coefficient (Wildman–Crippen LogP) is 0.179. The minimum atomic E-state index is 0.0691. The van der Waals surface area contributed by atoms with Crippen LogP contribution < -0.4 is 15.5 Å². The zero-order chi connectivity index (χ0) is 15.2. The first-order valence-corrected chi connectivity index (χ1v) is 7.28. The van der Waals surface area contributed by atoms with Crippen molar-refractivity contribution in [2.24, 2.45) is 5.92 Å². The van der Waals surface area contributed by atoms with Crippen molar-refractivity contribution in [1.29, 1.82) is 0 Å². The highest BCUT2D eigenvalue weighted by atomic mass is 16.5. The minimum absolute atomic E-state index is 0.0691. The zero-order valence-electron chi connectivity index (χ0n) is 12.8. The summed E-state index contributed by atoms with van der Waals surface area (Å²) in [4.78, 5) is 15.3. The molecule has 0 amide bonds. The molecule has 1 saturated heterocycles. The summed E-state index contributed by atoms with van der Waals surface area (Å²) in [6.07, 6.45) is 0. The van der Waals surface area contributed by atoms with Crippen LogP contribution in [0.3, 0.4) is 0 Å². The molecule has 1 aromatic rings. The Morgan fingerprint density at radius 3 is 2.48 bits per heavy atom. The van der Waals surface area contributed by atoms with Gasteiger partial charge in [-0.1, -0.05) is 6.92 Å². The van der Waals surface area contributed by atoms with Crippen molar-refractivity contribution in [2.75, 3.05) is 55.5 Å². The summed E-state index contributed by atoms with van der Waals surface area (Å²) in [6.45, 7) is 7.00. The van der Waals surface area contributed by atoms with Crippen LogP contribution in [0, 0.1) is 5.92 Å². The largest absolute Gasteiger partial charge is 0.396 e. The average molecular weight is 296 g/mol. The topological polar surface area (TPSA) is 95.4 Å². The average Bonchev–Trinajstić information content (AvgIpc) is 2.54. The van der Waals surface area contributed by atoms with Gasteiger partial charge in [0.05, 0.1) is 13.2 Å². The number of aromatic nitrogens is 3. The van der Waals surface area contributed by atoms with Crippen molar-refractivity contribution in [3.8, 4) is 0 Å². The van der Waals surface area contributed by atoms with E-state index < -0.39 is 0 Å². The Bertz CT molecular complexity index is 452. The lowest BCUT2D eigenvalue weighted by Crippen LogP contribution is -2.38. The van der Waals surface area contributed by atoms with Crippen molar-refractivity contribution >= 4 is 17.8 Å². The molecule has 0 aromatic carbocycles. The van der Waals surface area contributed by atoms with Gasteiger partial charge in [-0.05, 0) is 12.8 Å². The molecule has 2 rings (SSSR count). The van der Waals surface area contributed by atoms with E-state index >= 15 is 0 Å². The monoisotopic (exact) mass is 296 g/mol. The normalized spacial score (nSPS) is 18.2. The fourth-order valence-electron chi connectivity index (χ4n) is 1.95. The van der Waals surface area contributed by atoms with Crippen molar-refractivity contribution in [1.82, 2.24) is 15.0 Å². The SMILES string of the molecule is CNc1nc(NC(C)C(C)CO)nc(N2CCOCC2)n1. The molecule has 1 aliphatic heterocycles. The summed E-state index contributed by atoms with van der Waals surface area (Å²) >= 11 is 0. The second-order valence-electron chi connectivity index (χ2n) is 5.22. The van der Waals surface area contributed by atoms with Crippen LogP contribution in [0.25, 0.3) is 0 Å². The molecule has 0 radical (unpaired) electrons. The summed E-state index contributed by atoms with van der Waals surface area (Å²) in [5.41, 5.74) is 0. The van der Waals surface area contributed by atoms with Crippen LogP contribution in [0.1, 0.15) is 13.8 Å². The first-order valence-electron chi connectivity index (χ1n) is 7.28. The first kappa shape index (κ1) is 15.7. The lowest BCUT2D eigenvalue weighted by atomic mass is 10.1. The Morgan fingerprint density at radius 2 is 1.86 bits per heavy atom. The van der Waals surface area contributed by atoms with Crippen molar-refractivity contribution in [2.45, 2.75) is 19.9 Å². The number of aliphatic hydroxyl groups excluding tert-OH is 1. The van der Waals surface area contributed by atoms with E-state index in [1.165, 1.54) is 0 Å². The Kier molecular flexibility index (Phi) is 5.51. The van der Waals surface area contributed by atoms with Crippen LogP contribution in [-0.2, 0) is 4.74 Å². The molecule has 2 unspecified atom stereocenters. The van der Waals surface area contributed by atoms with Gasteiger partial charge in [0.1, 0.15) is 0 Å². The fraction of sp³-hybridized carbons (Fsp3) is 0.769. The molecule has 2 atom stereocenters. The molecule has 21 heavy (non-hydrogen) atoms. The van der Waals surface area contributed by atoms with Gasteiger partial charge < -0.3 is 25.4 Å². The third-order valence-electron chi connectivity index (χ3n) is 3.64. The number of nitrogens with zero attached hydrogens (tertiary/aromatic N) is 4. The smallest absolute Gasteiger partial charge is 0.232 e. The molecule has 1 fully saturated rings. The molecule has 1 aliphatic rings. The summed E-state index contributed by atoms with van der Waals surface area (Å²) in [5, 5.41) is 15.4. The molecule has 0 aliphatic carbocycles. The third kappa shape index (κ3) is 4.15. The molecular weight excluding hydrogens is 272 g/mol. The summed E-state index contributed by atoms with van der Waals surface area (Å²) in [5.74, 6) is 1.80. The van der Waals surface area contributed by atoms with E-state index in [1.54, 1.807) is 7.05 Å². The number of morpholine rings is 1. The number of rotatable bonds is 6. The number of anilines is 3. The Balaban J connectivity index is 2.16. The van der Waals surface area contributed by atoms with Crippen LogP contribution in [0.2, 0.25) is 0 Å². The van der Waals surface area contributed by atoms with E-state index in [1.807, 2.05) is 13.8 Å². The van der Waals surface area contributed by atoms with Gasteiger partial charge in [0.2, 0.25) is 17.8 Å².